The molecule has 3 aromatic rings. The first-order chi connectivity index (χ1) is 15.2. The molecule has 1 fully saturated rings. The maximum atomic E-state index is 13.5. The first-order valence-electron chi connectivity index (χ1n) is 10.1. The molecule has 0 amide bonds. The van der Waals surface area contributed by atoms with E-state index in [2.05, 4.69) is 4.98 Å². The number of rotatable bonds is 5. The lowest BCUT2D eigenvalue weighted by Crippen LogP contribution is -2.29. The minimum absolute atomic E-state index is 0.00453. The first kappa shape index (κ1) is 22.3. The van der Waals surface area contributed by atoms with Gasteiger partial charge in [-0.3, -0.25) is 0 Å². The summed E-state index contributed by atoms with van der Waals surface area (Å²) in [4.78, 5) is 16.5. The predicted octanol–water partition coefficient (Wildman–Crippen LogP) is 3.22. The number of aliphatic hydroxyl groups excluding tert-OH is 1. The second kappa shape index (κ2) is 8.57. The van der Waals surface area contributed by atoms with Crippen LogP contribution < -0.4 is 0 Å². The van der Waals surface area contributed by atoms with Gasteiger partial charge in [-0.15, -0.1) is 0 Å². The Labute approximate surface area is 185 Å². The molecule has 9 heteroatoms. The number of ether oxygens (including phenoxy) is 1. The van der Waals surface area contributed by atoms with E-state index in [1.807, 2.05) is 13.0 Å². The summed E-state index contributed by atoms with van der Waals surface area (Å²) in [7, 11) is -2.55. The van der Waals surface area contributed by atoms with Crippen LogP contribution in [0, 0.1) is 6.92 Å². The summed E-state index contributed by atoms with van der Waals surface area (Å²) in [5.41, 5.74) is 3.35. The topological polar surface area (TPSA) is 96.8 Å². The van der Waals surface area contributed by atoms with Crippen molar-refractivity contribution in [2.75, 3.05) is 20.2 Å². The van der Waals surface area contributed by atoms with E-state index >= 15 is 0 Å². The molecule has 2 heterocycles. The van der Waals surface area contributed by atoms with Gasteiger partial charge in [-0.25, -0.2) is 22.6 Å². The lowest BCUT2D eigenvalue weighted by Gasteiger charge is -2.17. The van der Waals surface area contributed by atoms with E-state index in [1.54, 1.807) is 24.3 Å². The molecule has 7 nitrogen and oxygen atoms in total. The maximum absolute atomic E-state index is 13.5. The van der Waals surface area contributed by atoms with E-state index in [-0.39, 0.29) is 24.4 Å². The van der Waals surface area contributed by atoms with Crippen molar-refractivity contribution in [3.63, 3.8) is 0 Å². The summed E-state index contributed by atoms with van der Waals surface area (Å²) in [5.74, 6) is -0.472. The van der Waals surface area contributed by atoms with Crippen molar-refractivity contribution in [3.8, 4) is 11.3 Å². The van der Waals surface area contributed by atoms with E-state index in [4.69, 9.17) is 4.74 Å². The van der Waals surface area contributed by atoms with Crippen molar-refractivity contribution in [1.29, 1.82) is 0 Å². The average Bonchev–Trinajstić information content (AvgIpc) is 3.24. The molecule has 1 atom stereocenters. The molecule has 1 aliphatic heterocycles. The average molecular weight is 459 g/mol. The molecule has 0 spiro atoms. The Kier molecular flexibility index (Phi) is 5.98. The fourth-order valence-corrected chi connectivity index (χ4v) is 5.48. The second-order valence-electron chi connectivity index (χ2n) is 7.77. The number of aromatic nitrogens is 1. The molecule has 4 rings (SSSR count). The van der Waals surface area contributed by atoms with E-state index in [9.17, 15) is 22.7 Å². The zero-order valence-corrected chi connectivity index (χ0v) is 18.5. The number of carbonyl (C=O) groups is 1. The van der Waals surface area contributed by atoms with Crippen molar-refractivity contribution in [1.82, 2.24) is 9.29 Å². The second-order valence-corrected chi connectivity index (χ2v) is 9.71. The highest BCUT2D eigenvalue weighted by Gasteiger charge is 2.32. The Morgan fingerprint density at radius 3 is 2.69 bits per heavy atom. The molecule has 32 heavy (non-hydrogen) atoms. The number of aryl methyl sites for hydroxylation is 1. The van der Waals surface area contributed by atoms with Crippen molar-refractivity contribution in [2.45, 2.75) is 31.0 Å². The van der Waals surface area contributed by atoms with Gasteiger partial charge in [0.2, 0.25) is 10.0 Å². The van der Waals surface area contributed by atoms with E-state index in [1.165, 1.54) is 19.2 Å². The van der Waals surface area contributed by atoms with Crippen LogP contribution in [0.4, 0.5) is 4.39 Å². The highest BCUT2D eigenvalue weighted by atomic mass is 32.2. The summed E-state index contributed by atoms with van der Waals surface area (Å²) in [6, 6.07) is 11.4. The van der Waals surface area contributed by atoms with Crippen LogP contribution in [0.15, 0.2) is 47.4 Å². The van der Waals surface area contributed by atoms with E-state index < -0.39 is 28.8 Å². The van der Waals surface area contributed by atoms with Gasteiger partial charge < -0.3 is 9.84 Å². The molecule has 1 aliphatic rings. The molecule has 1 saturated heterocycles. The summed E-state index contributed by atoms with van der Waals surface area (Å²) >= 11 is 0. The van der Waals surface area contributed by atoms with Crippen LogP contribution in [0.3, 0.4) is 0 Å². The van der Waals surface area contributed by atoms with Crippen LogP contribution in [-0.4, -0.2) is 55.2 Å². The number of alkyl halides is 1. The van der Waals surface area contributed by atoms with Gasteiger partial charge in [-0.1, -0.05) is 12.1 Å². The van der Waals surface area contributed by atoms with Crippen LogP contribution in [0.5, 0.6) is 0 Å². The third kappa shape index (κ3) is 3.99. The molecule has 2 aromatic carbocycles. The van der Waals surface area contributed by atoms with Gasteiger partial charge in [-0.05, 0) is 54.8 Å². The smallest absolute Gasteiger partial charge is 0.337 e. The number of carbonyl (C=O) groups excluding carboxylic acids is 1. The number of methoxy groups -OCH3 is 1. The van der Waals surface area contributed by atoms with Crippen molar-refractivity contribution < 1.29 is 27.4 Å². The van der Waals surface area contributed by atoms with Crippen LogP contribution in [0.2, 0.25) is 0 Å². The summed E-state index contributed by atoms with van der Waals surface area (Å²) in [5, 5.41) is 10.8. The lowest BCUT2D eigenvalue weighted by molar-refractivity contribution is 0.0601. The fraction of sp³-hybridized carbons (Fsp3) is 0.304. The minimum atomic E-state index is -3.85. The number of fused-ring (bicyclic) bond motifs is 1. The standard InChI is InChI=1S/C23H23FN2O5S/c1-14-9-21(25-22-11-15(23(28)31-2)3-5-19(14)22)20-6-4-18(10-16(20)13-27)32(29,30)26-8-7-17(24)12-26/h3-6,9-11,17,27H,7-8,12-13H2,1-2H3/t17-/m0/s1. The molecule has 0 unspecified atom stereocenters. The number of sulfonamides is 1. The van der Waals surface area contributed by atoms with Gasteiger partial charge in [0.05, 0.1) is 35.4 Å². The third-order valence-corrected chi connectivity index (χ3v) is 7.55. The molecule has 0 radical (unpaired) electrons. The van der Waals surface area contributed by atoms with Crippen LogP contribution in [0.1, 0.15) is 27.9 Å². The first-order valence-corrected chi connectivity index (χ1v) is 11.6. The SMILES string of the molecule is COC(=O)c1ccc2c(C)cc(-c3ccc(S(=O)(=O)N4CC[C@H](F)C4)cc3CO)nc2c1. The van der Waals surface area contributed by atoms with Gasteiger partial charge in [-0.2, -0.15) is 4.31 Å². The monoisotopic (exact) mass is 458 g/mol. The molecule has 0 aliphatic carbocycles. The molecular weight excluding hydrogens is 435 g/mol. The van der Waals surface area contributed by atoms with E-state index in [0.717, 1.165) is 15.3 Å². The number of halogens is 1. The fourth-order valence-electron chi connectivity index (χ4n) is 3.95. The number of aliphatic hydroxyl groups is 1. The predicted molar refractivity (Wildman–Crippen MR) is 117 cm³/mol. The Balaban J connectivity index is 1.78. The van der Waals surface area contributed by atoms with Gasteiger partial charge in [0.1, 0.15) is 6.17 Å². The van der Waals surface area contributed by atoms with Gasteiger partial charge >= 0.3 is 5.97 Å². The number of pyridine rings is 1. The molecule has 0 saturated carbocycles. The highest BCUT2D eigenvalue weighted by Crippen LogP contribution is 2.31. The number of hydrogen-bond acceptors (Lipinski definition) is 6. The van der Waals surface area contributed by atoms with Gasteiger partial charge in [0, 0.05) is 24.0 Å². The van der Waals surface area contributed by atoms with Gasteiger partial charge in [0.15, 0.2) is 0 Å². The molecular formula is C23H23FN2O5S. The van der Waals surface area contributed by atoms with E-state index in [0.29, 0.717) is 27.9 Å². The Bertz CT molecular complexity index is 1310. The molecule has 168 valence electrons. The zero-order valence-electron chi connectivity index (χ0n) is 17.7. The maximum Gasteiger partial charge on any atom is 0.337 e. The quantitative estimate of drug-likeness (QED) is 0.590. The third-order valence-electron chi connectivity index (χ3n) is 5.69. The number of hydrogen-bond donors (Lipinski definition) is 1. The van der Waals surface area contributed by atoms with Crippen LogP contribution in [-0.2, 0) is 21.4 Å². The Hall–Kier alpha value is -2.88. The molecule has 1 N–H and O–H groups in total. The van der Waals surface area contributed by atoms with Crippen molar-refractivity contribution in [2.24, 2.45) is 0 Å². The largest absolute Gasteiger partial charge is 0.465 e. The molecule has 0 bridgehead atoms. The van der Waals surface area contributed by atoms with Crippen molar-refractivity contribution >= 4 is 26.9 Å². The van der Waals surface area contributed by atoms with Crippen LogP contribution in [0.25, 0.3) is 22.2 Å². The number of benzene rings is 2. The number of nitrogens with zero attached hydrogens (tertiary/aromatic N) is 2. The lowest BCUT2D eigenvalue weighted by atomic mass is 10.0. The minimum Gasteiger partial charge on any atom is -0.465 e. The van der Waals surface area contributed by atoms with Crippen LogP contribution >= 0.6 is 0 Å². The Morgan fingerprint density at radius 2 is 2.03 bits per heavy atom. The summed E-state index contributed by atoms with van der Waals surface area (Å²) < 4.78 is 45.2. The summed E-state index contributed by atoms with van der Waals surface area (Å²) in [6.45, 7) is 1.48. The normalized spacial score (nSPS) is 17.1. The van der Waals surface area contributed by atoms with Gasteiger partial charge in [0.25, 0.3) is 0 Å². The zero-order chi connectivity index (χ0) is 23.0. The summed E-state index contributed by atoms with van der Waals surface area (Å²) in [6.07, 6.45) is -0.987. The highest BCUT2D eigenvalue weighted by molar-refractivity contribution is 7.89. The van der Waals surface area contributed by atoms with Crippen molar-refractivity contribution in [3.05, 3.63) is 59.2 Å². The Morgan fingerprint density at radius 1 is 1.25 bits per heavy atom. The number of esters is 1. The molecule has 1 aromatic heterocycles.